The van der Waals surface area contributed by atoms with E-state index in [4.69, 9.17) is 5.11 Å². The van der Waals surface area contributed by atoms with Crippen LogP contribution in [0.2, 0.25) is 0 Å². The summed E-state index contributed by atoms with van der Waals surface area (Å²) in [6.07, 6.45) is 0. The minimum absolute atomic E-state index is 0.382. The molecule has 0 radical (unpaired) electrons. The number of carboxylic acid groups (broad SMARTS) is 1. The van der Waals surface area contributed by atoms with Crippen molar-refractivity contribution in [3.05, 3.63) is 22.4 Å². The summed E-state index contributed by atoms with van der Waals surface area (Å²) in [5, 5.41) is 24.6. The molecule has 0 aliphatic carbocycles. The van der Waals surface area contributed by atoms with Crippen molar-refractivity contribution in [3.8, 4) is 0 Å². The van der Waals surface area contributed by atoms with Gasteiger partial charge in [0.15, 0.2) is 5.60 Å². The zero-order chi connectivity index (χ0) is 15.3. The highest BCUT2D eigenvalue weighted by Crippen LogP contribution is 2.08. The zero-order valence-electron chi connectivity index (χ0n) is 11.0. The SMILES string of the molecule is CC(NC(=O)c1cccs1)C(=O)NCC(C)(O)C(=O)O. The Kier molecular flexibility index (Phi) is 5.23. The Bertz CT molecular complexity index is 498. The number of hydrogen-bond acceptors (Lipinski definition) is 5. The van der Waals surface area contributed by atoms with E-state index in [-0.39, 0.29) is 5.91 Å². The van der Waals surface area contributed by atoms with Gasteiger partial charge in [-0.3, -0.25) is 9.59 Å². The van der Waals surface area contributed by atoms with Crippen LogP contribution >= 0.6 is 11.3 Å². The predicted octanol–water partition coefficient (Wildman–Crippen LogP) is -0.182. The number of rotatable bonds is 6. The smallest absolute Gasteiger partial charge is 0.337 e. The van der Waals surface area contributed by atoms with Gasteiger partial charge in [0.2, 0.25) is 5.91 Å². The Morgan fingerprint density at radius 3 is 2.60 bits per heavy atom. The van der Waals surface area contributed by atoms with E-state index in [2.05, 4.69) is 10.6 Å². The van der Waals surface area contributed by atoms with Gasteiger partial charge in [-0.25, -0.2) is 4.79 Å². The summed E-state index contributed by atoms with van der Waals surface area (Å²) >= 11 is 1.24. The second-order valence-electron chi connectivity index (χ2n) is 4.47. The predicted molar refractivity (Wildman–Crippen MR) is 72.5 cm³/mol. The lowest BCUT2D eigenvalue weighted by Gasteiger charge is -2.20. The molecule has 0 saturated heterocycles. The van der Waals surface area contributed by atoms with E-state index in [1.54, 1.807) is 17.5 Å². The first kappa shape index (κ1) is 16.1. The van der Waals surface area contributed by atoms with Crippen LogP contribution in [0.15, 0.2) is 17.5 Å². The zero-order valence-corrected chi connectivity index (χ0v) is 11.9. The van der Waals surface area contributed by atoms with E-state index in [1.807, 2.05) is 0 Å². The van der Waals surface area contributed by atoms with Gasteiger partial charge in [-0.2, -0.15) is 0 Å². The molecule has 0 aliphatic heterocycles. The summed E-state index contributed by atoms with van der Waals surface area (Å²) in [5.74, 6) is -2.39. The van der Waals surface area contributed by atoms with E-state index in [0.29, 0.717) is 4.88 Å². The summed E-state index contributed by atoms with van der Waals surface area (Å²) in [7, 11) is 0. The molecule has 110 valence electrons. The average molecular weight is 300 g/mol. The van der Waals surface area contributed by atoms with Gasteiger partial charge in [0.25, 0.3) is 5.91 Å². The van der Waals surface area contributed by atoms with E-state index in [0.717, 1.165) is 6.92 Å². The van der Waals surface area contributed by atoms with Gasteiger partial charge in [0, 0.05) is 0 Å². The van der Waals surface area contributed by atoms with Crippen LogP contribution in [-0.4, -0.2) is 46.2 Å². The molecule has 0 saturated carbocycles. The fraction of sp³-hybridized carbons (Fsp3) is 0.417. The van der Waals surface area contributed by atoms with Crippen LogP contribution in [0.3, 0.4) is 0 Å². The molecule has 0 aliphatic rings. The third kappa shape index (κ3) is 4.32. The molecule has 2 atom stereocenters. The Morgan fingerprint density at radius 1 is 1.45 bits per heavy atom. The summed E-state index contributed by atoms with van der Waals surface area (Å²) < 4.78 is 0. The van der Waals surface area contributed by atoms with Gasteiger partial charge in [-0.15, -0.1) is 11.3 Å². The third-order valence-corrected chi connectivity index (χ3v) is 3.42. The first-order valence-electron chi connectivity index (χ1n) is 5.82. The summed E-state index contributed by atoms with van der Waals surface area (Å²) in [5.41, 5.74) is -2.05. The molecule has 1 heterocycles. The number of hydrogen-bond donors (Lipinski definition) is 4. The van der Waals surface area contributed by atoms with Gasteiger partial charge in [0.05, 0.1) is 11.4 Å². The molecule has 4 N–H and O–H groups in total. The van der Waals surface area contributed by atoms with Crippen LogP contribution in [0.25, 0.3) is 0 Å². The molecule has 20 heavy (non-hydrogen) atoms. The van der Waals surface area contributed by atoms with Crippen LogP contribution in [0, 0.1) is 0 Å². The fourth-order valence-electron chi connectivity index (χ4n) is 1.23. The molecule has 2 amide bonds. The van der Waals surface area contributed by atoms with Crippen molar-refractivity contribution in [1.29, 1.82) is 0 Å². The first-order chi connectivity index (χ1) is 9.24. The first-order valence-corrected chi connectivity index (χ1v) is 6.70. The molecule has 0 aromatic carbocycles. The number of aliphatic hydroxyl groups is 1. The maximum atomic E-state index is 11.7. The highest BCUT2D eigenvalue weighted by atomic mass is 32.1. The Labute approximate surface area is 119 Å². The lowest BCUT2D eigenvalue weighted by atomic mass is 10.1. The average Bonchev–Trinajstić information content (AvgIpc) is 2.89. The minimum Gasteiger partial charge on any atom is -0.479 e. The topological polar surface area (TPSA) is 116 Å². The van der Waals surface area contributed by atoms with Crippen molar-refractivity contribution in [2.75, 3.05) is 6.54 Å². The molecule has 2 unspecified atom stereocenters. The number of amides is 2. The maximum absolute atomic E-state index is 11.7. The molecular formula is C12H16N2O5S. The minimum atomic E-state index is -2.05. The number of carbonyl (C=O) groups is 3. The third-order valence-electron chi connectivity index (χ3n) is 2.55. The largest absolute Gasteiger partial charge is 0.479 e. The van der Waals surface area contributed by atoms with Crippen molar-refractivity contribution in [2.24, 2.45) is 0 Å². The molecule has 8 heteroatoms. The number of aliphatic carboxylic acids is 1. The standard InChI is InChI=1S/C12H16N2O5S/c1-7(14-10(16)8-4-3-5-20-8)9(15)13-6-12(2,19)11(17)18/h3-5,7,19H,6H2,1-2H3,(H,13,15)(H,14,16)(H,17,18). The Morgan fingerprint density at radius 2 is 2.10 bits per heavy atom. The van der Waals surface area contributed by atoms with Gasteiger partial charge in [-0.05, 0) is 25.3 Å². The van der Waals surface area contributed by atoms with Gasteiger partial charge in [0.1, 0.15) is 6.04 Å². The second-order valence-corrected chi connectivity index (χ2v) is 5.42. The second kappa shape index (κ2) is 6.49. The quantitative estimate of drug-likeness (QED) is 0.581. The Balaban J connectivity index is 2.48. The maximum Gasteiger partial charge on any atom is 0.337 e. The van der Waals surface area contributed by atoms with Crippen molar-refractivity contribution in [1.82, 2.24) is 10.6 Å². The summed E-state index contributed by atoms with van der Waals surface area (Å²) in [6.45, 7) is 2.10. The molecular weight excluding hydrogens is 284 g/mol. The highest BCUT2D eigenvalue weighted by Gasteiger charge is 2.31. The van der Waals surface area contributed by atoms with E-state index in [9.17, 15) is 19.5 Å². The molecule has 1 aromatic rings. The molecule has 7 nitrogen and oxygen atoms in total. The van der Waals surface area contributed by atoms with Crippen LogP contribution in [-0.2, 0) is 9.59 Å². The lowest BCUT2D eigenvalue weighted by molar-refractivity contribution is -0.156. The number of nitrogens with one attached hydrogen (secondary N) is 2. The van der Waals surface area contributed by atoms with Crippen molar-refractivity contribution < 1.29 is 24.6 Å². The van der Waals surface area contributed by atoms with E-state index >= 15 is 0 Å². The van der Waals surface area contributed by atoms with Crippen molar-refractivity contribution in [3.63, 3.8) is 0 Å². The lowest BCUT2D eigenvalue weighted by Crippen LogP contribution is -2.51. The Hall–Kier alpha value is -1.93. The monoisotopic (exact) mass is 300 g/mol. The van der Waals surface area contributed by atoms with Crippen LogP contribution in [0.5, 0.6) is 0 Å². The fourth-order valence-corrected chi connectivity index (χ4v) is 1.86. The van der Waals surface area contributed by atoms with Crippen LogP contribution in [0.1, 0.15) is 23.5 Å². The van der Waals surface area contributed by atoms with E-state index in [1.165, 1.54) is 18.3 Å². The summed E-state index contributed by atoms with van der Waals surface area (Å²) in [6, 6.07) is 2.50. The molecule has 0 bridgehead atoms. The van der Waals surface area contributed by atoms with Crippen LogP contribution < -0.4 is 10.6 Å². The highest BCUT2D eigenvalue weighted by molar-refractivity contribution is 7.12. The molecule has 0 spiro atoms. The molecule has 1 rings (SSSR count). The van der Waals surface area contributed by atoms with Gasteiger partial charge >= 0.3 is 5.97 Å². The number of carbonyl (C=O) groups excluding carboxylic acids is 2. The normalized spacial score (nSPS) is 14.9. The van der Waals surface area contributed by atoms with Gasteiger partial charge < -0.3 is 20.8 Å². The number of carboxylic acids is 1. The van der Waals surface area contributed by atoms with Crippen molar-refractivity contribution in [2.45, 2.75) is 25.5 Å². The van der Waals surface area contributed by atoms with E-state index < -0.39 is 30.1 Å². The summed E-state index contributed by atoms with van der Waals surface area (Å²) in [4.78, 5) is 34.5. The molecule has 1 aromatic heterocycles. The molecule has 0 fully saturated rings. The van der Waals surface area contributed by atoms with Crippen molar-refractivity contribution >= 4 is 29.1 Å². The van der Waals surface area contributed by atoms with Crippen LogP contribution in [0.4, 0.5) is 0 Å². The number of thiophene rings is 1. The van der Waals surface area contributed by atoms with Gasteiger partial charge in [-0.1, -0.05) is 6.07 Å².